The van der Waals surface area contributed by atoms with E-state index < -0.39 is 10.00 Å². The van der Waals surface area contributed by atoms with Gasteiger partial charge in [0.1, 0.15) is 10.00 Å². The molecule has 1 heterocycles. The molecule has 1 fully saturated rings. The third kappa shape index (κ3) is 2.72. The van der Waals surface area contributed by atoms with E-state index in [1.54, 1.807) is 0 Å². The van der Waals surface area contributed by atoms with E-state index in [9.17, 15) is 9.59 Å². The van der Waals surface area contributed by atoms with Crippen molar-refractivity contribution in [3.63, 3.8) is 0 Å². The van der Waals surface area contributed by atoms with E-state index in [0.29, 0.717) is 0 Å². The summed E-state index contributed by atoms with van der Waals surface area (Å²) in [4.78, 5) is 25.8. The Morgan fingerprint density at radius 2 is 1.15 bits per heavy atom. The van der Waals surface area contributed by atoms with Crippen molar-refractivity contribution in [1.29, 1.82) is 0 Å². The van der Waals surface area contributed by atoms with Gasteiger partial charge in [0.2, 0.25) is 5.91 Å². The fourth-order valence-corrected chi connectivity index (χ4v) is 4.82. The second-order valence-corrected chi connectivity index (χ2v) is 7.46. The topological polar surface area (TPSA) is 46.2 Å². The van der Waals surface area contributed by atoms with Crippen LogP contribution in [0.5, 0.6) is 0 Å². The average molecular weight is 359 g/mol. The third-order valence-electron chi connectivity index (χ3n) is 4.55. The van der Waals surface area contributed by atoms with Crippen molar-refractivity contribution in [1.82, 2.24) is 5.32 Å². The van der Waals surface area contributed by atoms with E-state index in [-0.39, 0.29) is 11.8 Å². The van der Waals surface area contributed by atoms with Crippen LogP contribution in [0.2, 0.25) is 0 Å². The van der Waals surface area contributed by atoms with Crippen molar-refractivity contribution in [2.24, 2.45) is 0 Å². The van der Waals surface area contributed by atoms with Crippen LogP contribution in [0.1, 0.15) is 21.9 Å². The van der Waals surface area contributed by atoms with Gasteiger partial charge in [-0.15, -0.1) is 11.8 Å². The van der Waals surface area contributed by atoms with Gasteiger partial charge < -0.3 is 0 Å². The lowest BCUT2D eigenvalue weighted by atomic mass is 9.89. The van der Waals surface area contributed by atoms with Gasteiger partial charge in [-0.2, -0.15) is 0 Å². The molecule has 1 atom stereocenters. The first-order chi connectivity index (χ1) is 12.7. The predicted octanol–water partition coefficient (Wildman–Crippen LogP) is 4.06. The van der Waals surface area contributed by atoms with Crippen LogP contribution in [0.25, 0.3) is 0 Å². The maximum absolute atomic E-state index is 13.2. The number of carbonyl (C=O) groups is 2. The summed E-state index contributed by atoms with van der Waals surface area (Å²) >= 11 is 1.39. The normalized spacial score (nSPS) is 19.0. The lowest BCUT2D eigenvalue weighted by Crippen LogP contribution is -2.52. The number of amides is 2. The van der Waals surface area contributed by atoms with Crippen molar-refractivity contribution in [3.8, 4) is 0 Å². The largest absolute Gasteiger partial charge is 0.293 e. The molecule has 1 aliphatic heterocycles. The lowest BCUT2D eigenvalue weighted by Gasteiger charge is -2.39. The molecule has 2 amide bonds. The minimum Gasteiger partial charge on any atom is -0.293 e. The number of hydrogen-bond acceptors (Lipinski definition) is 3. The molecule has 0 saturated carbocycles. The van der Waals surface area contributed by atoms with Gasteiger partial charge in [0.15, 0.2) is 0 Å². The molecular weight excluding hydrogens is 342 g/mol. The number of carbonyl (C=O) groups excluding carboxylic acids is 2. The van der Waals surface area contributed by atoms with E-state index in [1.807, 2.05) is 91.0 Å². The molecule has 4 rings (SSSR count). The molecule has 3 aromatic rings. The quantitative estimate of drug-likeness (QED) is 0.717. The molecule has 3 nitrogen and oxygen atoms in total. The zero-order valence-corrected chi connectivity index (χ0v) is 14.8. The van der Waals surface area contributed by atoms with E-state index in [4.69, 9.17) is 0 Å². The molecule has 1 N–H and O–H groups in total. The van der Waals surface area contributed by atoms with Crippen LogP contribution in [-0.4, -0.2) is 11.8 Å². The molecule has 0 spiro atoms. The molecule has 128 valence electrons. The minimum absolute atomic E-state index is 0.270. The first-order valence-corrected chi connectivity index (χ1v) is 9.29. The molecule has 0 bridgehead atoms. The lowest BCUT2D eigenvalue weighted by molar-refractivity contribution is -0.132. The number of nitrogens with one attached hydrogen (secondary N) is 1. The molecule has 26 heavy (non-hydrogen) atoms. The van der Waals surface area contributed by atoms with Crippen molar-refractivity contribution in [2.75, 3.05) is 0 Å². The Hall–Kier alpha value is -2.85. The van der Waals surface area contributed by atoms with Gasteiger partial charge in [0, 0.05) is 0 Å². The van der Waals surface area contributed by atoms with Gasteiger partial charge >= 0.3 is 0 Å². The summed E-state index contributed by atoms with van der Waals surface area (Å²) in [7, 11) is 0. The van der Waals surface area contributed by atoms with Crippen LogP contribution in [0.15, 0.2) is 91.0 Å². The number of hydrogen-bond donors (Lipinski definition) is 1. The van der Waals surface area contributed by atoms with Gasteiger partial charge in [-0.1, -0.05) is 91.0 Å². The monoisotopic (exact) mass is 359 g/mol. The summed E-state index contributed by atoms with van der Waals surface area (Å²) in [5.41, 5.74) is 2.61. The first kappa shape index (κ1) is 16.6. The maximum atomic E-state index is 13.2. The zero-order valence-electron chi connectivity index (χ0n) is 14.0. The van der Waals surface area contributed by atoms with Crippen LogP contribution >= 0.6 is 11.8 Å². The summed E-state index contributed by atoms with van der Waals surface area (Å²) in [5.74, 6) is -0.564. The third-order valence-corrected chi connectivity index (χ3v) is 6.28. The van der Waals surface area contributed by atoms with E-state index in [1.165, 1.54) is 11.8 Å². The summed E-state index contributed by atoms with van der Waals surface area (Å²) in [6.45, 7) is 0. The van der Waals surface area contributed by atoms with Gasteiger partial charge in [-0.3, -0.25) is 14.9 Å². The van der Waals surface area contributed by atoms with E-state index in [0.717, 1.165) is 16.7 Å². The van der Waals surface area contributed by atoms with Gasteiger partial charge in [-0.05, 0) is 16.7 Å². The van der Waals surface area contributed by atoms with Gasteiger partial charge in [0.25, 0.3) is 5.91 Å². The Kier molecular flexibility index (Phi) is 4.35. The van der Waals surface area contributed by atoms with Crippen LogP contribution in [0, 0.1) is 0 Å². The second kappa shape index (κ2) is 6.81. The highest BCUT2D eigenvalue weighted by molar-refractivity contribution is 8.02. The van der Waals surface area contributed by atoms with Crippen LogP contribution < -0.4 is 5.32 Å². The highest BCUT2D eigenvalue weighted by Gasteiger charge is 2.50. The van der Waals surface area contributed by atoms with Crippen molar-refractivity contribution < 1.29 is 9.59 Å². The van der Waals surface area contributed by atoms with Crippen LogP contribution in [0.3, 0.4) is 0 Å². The second-order valence-electron chi connectivity index (χ2n) is 6.14. The fourth-order valence-electron chi connectivity index (χ4n) is 3.31. The molecule has 0 aliphatic carbocycles. The van der Waals surface area contributed by atoms with E-state index >= 15 is 0 Å². The molecule has 3 aromatic carbocycles. The van der Waals surface area contributed by atoms with Gasteiger partial charge in [0.05, 0.1) is 0 Å². The summed E-state index contributed by atoms with van der Waals surface area (Å²) in [6.07, 6.45) is 0. The Labute approximate surface area is 156 Å². The molecule has 1 aliphatic rings. The standard InChI is InChI=1S/C22H17NO2S/c24-20-19(16-10-4-1-5-11-16)26-22(21(25)23-20,17-12-6-2-7-13-17)18-14-8-3-9-15-18/h1-15,19H,(H,23,24,25). The first-order valence-electron chi connectivity index (χ1n) is 8.41. The highest BCUT2D eigenvalue weighted by Crippen LogP contribution is 2.52. The molecule has 4 heteroatoms. The molecule has 1 unspecified atom stereocenters. The Morgan fingerprint density at radius 3 is 1.65 bits per heavy atom. The Balaban J connectivity index is 1.90. The summed E-state index contributed by atoms with van der Waals surface area (Å²) in [6, 6.07) is 28.9. The van der Waals surface area contributed by atoms with Crippen LogP contribution in [0.4, 0.5) is 0 Å². The Morgan fingerprint density at radius 1 is 0.692 bits per heavy atom. The molecule has 0 radical (unpaired) electrons. The number of rotatable bonds is 3. The van der Waals surface area contributed by atoms with Crippen molar-refractivity contribution in [2.45, 2.75) is 10.00 Å². The van der Waals surface area contributed by atoms with Crippen molar-refractivity contribution >= 4 is 23.6 Å². The average Bonchev–Trinajstić information content (AvgIpc) is 2.70. The number of imide groups is 1. The molecule has 0 aromatic heterocycles. The fraction of sp³-hybridized carbons (Fsp3) is 0.0909. The highest BCUT2D eigenvalue weighted by atomic mass is 32.2. The summed E-state index contributed by atoms with van der Waals surface area (Å²) < 4.78 is -0.975. The smallest absolute Gasteiger partial charge is 0.251 e. The molecular formula is C22H17NO2S. The summed E-state index contributed by atoms with van der Waals surface area (Å²) in [5, 5.41) is 2.15. The van der Waals surface area contributed by atoms with E-state index in [2.05, 4.69) is 5.32 Å². The minimum atomic E-state index is -0.975. The van der Waals surface area contributed by atoms with Crippen molar-refractivity contribution in [3.05, 3.63) is 108 Å². The number of benzene rings is 3. The maximum Gasteiger partial charge on any atom is 0.251 e. The Bertz CT molecular complexity index is 887. The SMILES string of the molecule is O=C1NC(=O)C(c2ccccc2)(c2ccccc2)SC1c1ccccc1. The van der Waals surface area contributed by atoms with Crippen LogP contribution in [-0.2, 0) is 14.3 Å². The zero-order chi connectivity index (χ0) is 18.0. The molecule has 1 saturated heterocycles. The van der Waals surface area contributed by atoms with Gasteiger partial charge in [-0.25, -0.2) is 0 Å². The predicted molar refractivity (Wildman–Crippen MR) is 104 cm³/mol. The number of thioether (sulfide) groups is 1.